The van der Waals surface area contributed by atoms with Crippen LogP contribution in [-0.2, 0) is 0 Å². The van der Waals surface area contributed by atoms with Crippen molar-refractivity contribution >= 4 is 49.0 Å². The highest BCUT2D eigenvalue weighted by atomic mass is 127. The first kappa shape index (κ1) is 8.78. The van der Waals surface area contributed by atoms with Crippen LogP contribution >= 0.6 is 33.9 Å². The van der Waals surface area contributed by atoms with Gasteiger partial charge in [0.15, 0.2) is 0 Å². The van der Waals surface area contributed by atoms with Gasteiger partial charge in [-0.05, 0) is 34.7 Å². The van der Waals surface area contributed by atoms with Gasteiger partial charge in [0.05, 0.1) is 5.56 Å². The maximum Gasteiger partial charge on any atom is 0.105 e. The highest BCUT2D eigenvalue weighted by Crippen LogP contribution is 2.35. The van der Waals surface area contributed by atoms with Crippen LogP contribution in [0.5, 0.6) is 0 Å². The Morgan fingerprint density at radius 1 is 1.46 bits per heavy atom. The summed E-state index contributed by atoms with van der Waals surface area (Å²) in [5.74, 6) is 0. The fraction of sp³-hybridized carbons (Fsp3) is 0. The molecule has 0 unspecified atom stereocenters. The zero-order valence-electron chi connectivity index (χ0n) is 6.54. The van der Waals surface area contributed by atoms with Crippen LogP contribution in [0.25, 0.3) is 10.1 Å². The molecule has 0 spiro atoms. The first-order valence-electron chi connectivity index (χ1n) is 3.60. The van der Waals surface area contributed by atoms with Gasteiger partial charge in [-0.2, -0.15) is 5.26 Å². The summed E-state index contributed by atoms with van der Waals surface area (Å²) in [6, 6.07) is 8.08. The molecule has 0 aliphatic heterocycles. The van der Waals surface area contributed by atoms with Gasteiger partial charge in [0.25, 0.3) is 0 Å². The summed E-state index contributed by atoms with van der Waals surface area (Å²) in [6.07, 6.45) is 0. The van der Waals surface area contributed by atoms with E-state index in [2.05, 4.69) is 28.7 Å². The van der Waals surface area contributed by atoms with Crippen molar-refractivity contribution in [3.05, 3.63) is 27.3 Å². The van der Waals surface area contributed by atoms with E-state index in [-0.39, 0.29) is 0 Å². The van der Waals surface area contributed by atoms with Crippen molar-refractivity contribution in [1.82, 2.24) is 0 Å². The molecule has 2 aromatic rings. The average Bonchev–Trinajstić information content (AvgIpc) is 2.42. The van der Waals surface area contributed by atoms with Crippen molar-refractivity contribution in [1.29, 1.82) is 5.26 Å². The SMILES string of the molecule is N#Cc1c(N)sc2cccc(I)c12. The van der Waals surface area contributed by atoms with Crippen molar-refractivity contribution < 1.29 is 0 Å². The summed E-state index contributed by atoms with van der Waals surface area (Å²) in [7, 11) is 0. The van der Waals surface area contributed by atoms with Crippen molar-refractivity contribution in [2.45, 2.75) is 0 Å². The molecule has 1 heterocycles. The summed E-state index contributed by atoms with van der Waals surface area (Å²) < 4.78 is 2.17. The Labute approximate surface area is 93.1 Å². The van der Waals surface area contributed by atoms with Crippen LogP contribution < -0.4 is 5.73 Å². The van der Waals surface area contributed by atoms with Gasteiger partial charge in [-0.1, -0.05) is 6.07 Å². The molecule has 2 N–H and O–H groups in total. The maximum absolute atomic E-state index is 8.90. The predicted octanol–water partition coefficient (Wildman–Crippen LogP) is 2.96. The normalized spacial score (nSPS) is 10.2. The Balaban J connectivity index is 2.99. The second kappa shape index (κ2) is 3.16. The average molecular weight is 300 g/mol. The number of nitrogens with two attached hydrogens (primary N) is 1. The van der Waals surface area contributed by atoms with E-state index in [9.17, 15) is 0 Å². The summed E-state index contributed by atoms with van der Waals surface area (Å²) in [6.45, 7) is 0. The third-order valence-electron chi connectivity index (χ3n) is 1.80. The number of benzene rings is 1. The van der Waals surface area contributed by atoms with Crippen LogP contribution in [0.2, 0.25) is 0 Å². The molecule has 1 aromatic carbocycles. The Bertz CT molecular complexity index is 510. The third-order valence-corrected chi connectivity index (χ3v) is 3.69. The van der Waals surface area contributed by atoms with Crippen LogP contribution in [0.1, 0.15) is 5.56 Å². The lowest BCUT2D eigenvalue weighted by atomic mass is 10.2. The lowest BCUT2D eigenvalue weighted by Gasteiger charge is -1.92. The van der Waals surface area contributed by atoms with E-state index in [0.717, 1.165) is 13.7 Å². The fourth-order valence-electron chi connectivity index (χ4n) is 1.24. The van der Waals surface area contributed by atoms with Gasteiger partial charge < -0.3 is 5.73 Å². The number of anilines is 1. The highest BCUT2D eigenvalue weighted by molar-refractivity contribution is 14.1. The molecule has 0 radical (unpaired) electrons. The van der Waals surface area contributed by atoms with E-state index in [4.69, 9.17) is 11.0 Å². The molecule has 1 aromatic heterocycles. The topological polar surface area (TPSA) is 49.8 Å². The molecule has 0 saturated carbocycles. The minimum Gasteiger partial charge on any atom is -0.389 e. The van der Waals surface area contributed by atoms with E-state index in [1.165, 1.54) is 11.3 Å². The molecule has 0 aliphatic rings. The monoisotopic (exact) mass is 300 g/mol. The Morgan fingerprint density at radius 3 is 2.92 bits per heavy atom. The van der Waals surface area contributed by atoms with Gasteiger partial charge in [-0.15, -0.1) is 11.3 Å². The van der Waals surface area contributed by atoms with Crippen molar-refractivity contribution in [2.24, 2.45) is 0 Å². The van der Waals surface area contributed by atoms with Gasteiger partial charge in [0.1, 0.15) is 11.1 Å². The van der Waals surface area contributed by atoms with E-state index in [1.807, 2.05) is 18.2 Å². The second-order valence-electron chi connectivity index (χ2n) is 2.57. The Morgan fingerprint density at radius 2 is 2.23 bits per heavy atom. The highest BCUT2D eigenvalue weighted by Gasteiger charge is 2.10. The molecule has 4 heteroatoms. The van der Waals surface area contributed by atoms with Crippen LogP contribution in [0.4, 0.5) is 5.00 Å². The number of thiophene rings is 1. The minimum atomic E-state index is 0.613. The molecular formula is C9H5IN2S. The van der Waals surface area contributed by atoms with E-state index in [1.54, 1.807) is 0 Å². The molecule has 13 heavy (non-hydrogen) atoms. The molecular weight excluding hydrogens is 295 g/mol. The summed E-state index contributed by atoms with van der Waals surface area (Å²) in [4.78, 5) is 0. The largest absolute Gasteiger partial charge is 0.389 e. The molecule has 2 rings (SSSR count). The molecule has 0 bridgehead atoms. The molecule has 2 nitrogen and oxygen atoms in total. The summed E-state index contributed by atoms with van der Waals surface area (Å²) in [5, 5.41) is 10.5. The number of hydrogen-bond acceptors (Lipinski definition) is 3. The standard InChI is InChI=1S/C9H5IN2S/c10-6-2-1-3-7-8(6)5(4-11)9(12)13-7/h1-3H,12H2. The van der Waals surface area contributed by atoms with Crippen molar-refractivity contribution in [3.8, 4) is 6.07 Å². The number of fused-ring (bicyclic) bond motifs is 1. The second-order valence-corrected chi connectivity index (χ2v) is 4.81. The minimum absolute atomic E-state index is 0.613. The van der Waals surface area contributed by atoms with E-state index >= 15 is 0 Å². The van der Waals surface area contributed by atoms with E-state index in [0.29, 0.717) is 10.6 Å². The van der Waals surface area contributed by atoms with Crippen LogP contribution in [-0.4, -0.2) is 0 Å². The number of rotatable bonds is 0. The summed E-state index contributed by atoms with van der Waals surface area (Å²) in [5.41, 5.74) is 6.34. The molecule has 0 saturated heterocycles. The number of nitriles is 1. The fourth-order valence-corrected chi connectivity index (χ4v) is 3.13. The lowest BCUT2D eigenvalue weighted by molar-refractivity contribution is 1.51. The lowest BCUT2D eigenvalue weighted by Crippen LogP contribution is -1.83. The Kier molecular flexibility index (Phi) is 2.14. The van der Waals surface area contributed by atoms with Crippen LogP contribution in [0.15, 0.2) is 18.2 Å². The first-order chi connectivity index (χ1) is 6.24. The van der Waals surface area contributed by atoms with Crippen LogP contribution in [0.3, 0.4) is 0 Å². The smallest absolute Gasteiger partial charge is 0.105 e. The molecule has 64 valence electrons. The van der Waals surface area contributed by atoms with Gasteiger partial charge >= 0.3 is 0 Å². The zero-order chi connectivity index (χ0) is 9.42. The Hall–Kier alpha value is -0.800. The third kappa shape index (κ3) is 1.28. The van der Waals surface area contributed by atoms with Crippen molar-refractivity contribution in [3.63, 3.8) is 0 Å². The van der Waals surface area contributed by atoms with Crippen LogP contribution in [0, 0.1) is 14.9 Å². The molecule has 0 fully saturated rings. The quantitative estimate of drug-likeness (QED) is 0.760. The van der Waals surface area contributed by atoms with E-state index < -0.39 is 0 Å². The summed E-state index contributed by atoms with van der Waals surface area (Å²) >= 11 is 3.69. The molecule has 0 aliphatic carbocycles. The maximum atomic E-state index is 8.90. The molecule has 0 amide bonds. The van der Waals surface area contributed by atoms with Gasteiger partial charge in [-0.25, -0.2) is 0 Å². The molecule has 0 atom stereocenters. The van der Waals surface area contributed by atoms with Gasteiger partial charge in [0.2, 0.25) is 0 Å². The number of nitrogens with zero attached hydrogens (tertiary/aromatic N) is 1. The predicted molar refractivity (Wildman–Crippen MR) is 63.7 cm³/mol. The van der Waals surface area contributed by atoms with Crippen molar-refractivity contribution in [2.75, 3.05) is 5.73 Å². The number of halogens is 1. The number of hydrogen-bond donors (Lipinski definition) is 1. The van der Waals surface area contributed by atoms with Gasteiger partial charge in [0, 0.05) is 13.7 Å². The number of nitrogen functional groups attached to an aromatic ring is 1. The van der Waals surface area contributed by atoms with Gasteiger partial charge in [-0.3, -0.25) is 0 Å². The first-order valence-corrected chi connectivity index (χ1v) is 5.50. The zero-order valence-corrected chi connectivity index (χ0v) is 9.52.